The molecule has 1 aromatic carbocycles. The zero-order valence-electron chi connectivity index (χ0n) is 9.57. The minimum Gasteiger partial charge on any atom is -0.492 e. The van der Waals surface area contributed by atoms with Crippen molar-refractivity contribution >= 4 is 28.5 Å². The van der Waals surface area contributed by atoms with Crippen molar-refractivity contribution in [1.29, 1.82) is 0 Å². The number of ether oxygens (including phenoxy) is 1. The molecule has 0 aliphatic rings. The fourth-order valence-electron chi connectivity index (χ4n) is 1.19. The highest BCUT2D eigenvalue weighted by Gasteiger charge is 2.04. The molecule has 1 aromatic rings. The van der Waals surface area contributed by atoms with E-state index in [0.29, 0.717) is 13.0 Å². The number of amides is 1. The molecule has 0 atom stereocenters. The number of hydrogen-bond acceptors (Lipinski definition) is 2. The topological polar surface area (TPSA) is 29.5 Å². The summed E-state index contributed by atoms with van der Waals surface area (Å²) in [6, 6.07) is 7.86. The molecular weight excluding hydrogens is 317 g/mol. The fourth-order valence-corrected chi connectivity index (χ4v) is 1.73. The maximum atomic E-state index is 11.3. The smallest absolute Gasteiger partial charge is 0.222 e. The van der Waals surface area contributed by atoms with Crippen molar-refractivity contribution in [1.82, 2.24) is 4.90 Å². The quantitative estimate of drug-likeness (QED) is 0.612. The highest BCUT2D eigenvalue weighted by atomic mass is 127. The number of para-hydroxylation sites is 1. The van der Waals surface area contributed by atoms with Crippen LogP contribution in [0.25, 0.3) is 0 Å². The van der Waals surface area contributed by atoms with E-state index in [9.17, 15) is 4.79 Å². The van der Waals surface area contributed by atoms with Gasteiger partial charge in [0, 0.05) is 20.5 Å². The molecular formula is C12H16INO2. The van der Waals surface area contributed by atoms with Crippen molar-refractivity contribution in [2.75, 3.05) is 20.7 Å². The largest absolute Gasteiger partial charge is 0.492 e. The molecule has 3 nitrogen and oxygen atoms in total. The predicted molar refractivity (Wildman–Crippen MR) is 72.6 cm³/mol. The zero-order valence-corrected chi connectivity index (χ0v) is 11.7. The summed E-state index contributed by atoms with van der Waals surface area (Å²) in [4.78, 5) is 12.9. The van der Waals surface area contributed by atoms with Crippen molar-refractivity contribution in [3.05, 3.63) is 27.8 Å². The van der Waals surface area contributed by atoms with Crippen LogP contribution in [0.15, 0.2) is 24.3 Å². The van der Waals surface area contributed by atoms with E-state index in [1.165, 1.54) is 0 Å². The highest BCUT2D eigenvalue weighted by Crippen LogP contribution is 2.19. The van der Waals surface area contributed by atoms with Crippen LogP contribution in [0.4, 0.5) is 0 Å². The molecule has 1 amide bonds. The SMILES string of the molecule is CN(C)C(=O)CCCOc1ccccc1I. The van der Waals surface area contributed by atoms with Crippen molar-refractivity contribution in [3.8, 4) is 5.75 Å². The van der Waals surface area contributed by atoms with Crippen LogP contribution in [0.3, 0.4) is 0 Å². The van der Waals surface area contributed by atoms with Gasteiger partial charge in [0.25, 0.3) is 0 Å². The van der Waals surface area contributed by atoms with E-state index in [1.807, 2.05) is 24.3 Å². The summed E-state index contributed by atoms with van der Waals surface area (Å²) in [5.41, 5.74) is 0. The average Bonchev–Trinajstić information content (AvgIpc) is 2.26. The normalized spacial score (nSPS) is 9.94. The summed E-state index contributed by atoms with van der Waals surface area (Å²) in [7, 11) is 3.53. The number of carbonyl (C=O) groups excluding carboxylic acids is 1. The number of nitrogens with zero attached hydrogens (tertiary/aromatic N) is 1. The molecule has 16 heavy (non-hydrogen) atoms. The molecule has 0 bridgehead atoms. The van der Waals surface area contributed by atoms with Crippen molar-refractivity contribution < 1.29 is 9.53 Å². The predicted octanol–water partition coefficient (Wildman–Crippen LogP) is 2.54. The molecule has 0 aliphatic carbocycles. The lowest BCUT2D eigenvalue weighted by Gasteiger charge is -2.11. The monoisotopic (exact) mass is 333 g/mol. The van der Waals surface area contributed by atoms with Gasteiger partial charge in [-0.1, -0.05) is 12.1 Å². The van der Waals surface area contributed by atoms with Crippen molar-refractivity contribution in [2.45, 2.75) is 12.8 Å². The fraction of sp³-hybridized carbons (Fsp3) is 0.417. The summed E-state index contributed by atoms with van der Waals surface area (Å²) in [6.45, 7) is 0.583. The number of carbonyl (C=O) groups is 1. The van der Waals surface area contributed by atoms with Gasteiger partial charge in [-0.05, 0) is 41.1 Å². The highest BCUT2D eigenvalue weighted by molar-refractivity contribution is 14.1. The van der Waals surface area contributed by atoms with Gasteiger partial charge in [0.2, 0.25) is 5.91 Å². The van der Waals surface area contributed by atoms with Crippen LogP contribution in [-0.4, -0.2) is 31.5 Å². The number of halogens is 1. The molecule has 0 N–H and O–H groups in total. The lowest BCUT2D eigenvalue weighted by atomic mass is 10.3. The molecule has 0 aliphatic heterocycles. The van der Waals surface area contributed by atoms with Gasteiger partial charge in [-0.15, -0.1) is 0 Å². The lowest BCUT2D eigenvalue weighted by molar-refractivity contribution is -0.128. The number of rotatable bonds is 5. The maximum Gasteiger partial charge on any atom is 0.222 e. The molecule has 0 saturated carbocycles. The number of hydrogen-bond donors (Lipinski definition) is 0. The third-order valence-electron chi connectivity index (χ3n) is 2.13. The average molecular weight is 333 g/mol. The Bertz CT molecular complexity index is 353. The van der Waals surface area contributed by atoms with Crippen LogP contribution >= 0.6 is 22.6 Å². The van der Waals surface area contributed by atoms with Gasteiger partial charge in [0.1, 0.15) is 5.75 Å². The third kappa shape index (κ3) is 4.38. The molecule has 4 heteroatoms. The molecule has 88 valence electrons. The Kier molecular flexibility index (Phi) is 5.59. The van der Waals surface area contributed by atoms with Crippen LogP contribution in [0, 0.1) is 3.57 Å². The Labute approximate surface area is 110 Å². The van der Waals surface area contributed by atoms with E-state index in [4.69, 9.17) is 4.74 Å². The first-order chi connectivity index (χ1) is 7.61. The van der Waals surface area contributed by atoms with E-state index in [-0.39, 0.29) is 5.91 Å². The Morgan fingerprint density at radius 3 is 2.69 bits per heavy atom. The van der Waals surface area contributed by atoms with Gasteiger partial charge < -0.3 is 9.64 Å². The Balaban J connectivity index is 2.26. The molecule has 0 radical (unpaired) electrons. The van der Waals surface area contributed by atoms with Gasteiger partial charge in [0.05, 0.1) is 10.2 Å². The first kappa shape index (κ1) is 13.3. The van der Waals surface area contributed by atoms with Gasteiger partial charge in [-0.2, -0.15) is 0 Å². The second-order valence-corrected chi connectivity index (χ2v) is 4.83. The van der Waals surface area contributed by atoms with E-state index in [0.717, 1.165) is 15.7 Å². The first-order valence-electron chi connectivity index (χ1n) is 5.18. The zero-order chi connectivity index (χ0) is 12.0. The first-order valence-corrected chi connectivity index (χ1v) is 6.26. The van der Waals surface area contributed by atoms with E-state index in [2.05, 4.69) is 22.6 Å². The van der Waals surface area contributed by atoms with E-state index >= 15 is 0 Å². The molecule has 1 rings (SSSR count). The minimum absolute atomic E-state index is 0.145. The molecule has 0 fully saturated rings. The number of benzene rings is 1. The summed E-state index contributed by atoms with van der Waals surface area (Å²) in [6.07, 6.45) is 1.29. The third-order valence-corrected chi connectivity index (χ3v) is 3.02. The second kappa shape index (κ2) is 6.73. The Morgan fingerprint density at radius 2 is 2.06 bits per heavy atom. The summed E-state index contributed by atoms with van der Waals surface area (Å²) >= 11 is 2.24. The molecule has 0 unspecified atom stereocenters. The minimum atomic E-state index is 0.145. The van der Waals surface area contributed by atoms with E-state index < -0.39 is 0 Å². The van der Waals surface area contributed by atoms with Gasteiger partial charge in [-0.3, -0.25) is 4.79 Å². The maximum absolute atomic E-state index is 11.3. The van der Waals surface area contributed by atoms with Crippen LogP contribution < -0.4 is 4.74 Å². The molecule has 0 heterocycles. The van der Waals surface area contributed by atoms with Gasteiger partial charge in [-0.25, -0.2) is 0 Å². The van der Waals surface area contributed by atoms with Crippen LogP contribution in [0.5, 0.6) is 5.75 Å². The van der Waals surface area contributed by atoms with Crippen LogP contribution in [0.2, 0.25) is 0 Å². The standard InChI is InChI=1S/C12H16INO2/c1-14(2)12(15)8-5-9-16-11-7-4-3-6-10(11)13/h3-4,6-7H,5,8-9H2,1-2H3. The van der Waals surface area contributed by atoms with Crippen LogP contribution in [0.1, 0.15) is 12.8 Å². The Hall–Kier alpha value is -0.780. The van der Waals surface area contributed by atoms with E-state index in [1.54, 1.807) is 19.0 Å². The van der Waals surface area contributed by atoms with Gasteiger partial charge >= 0.3 is 0 Å². The summed E-state index contributed by atoms with van der Waals surface area (Å²) in [5.74, 6) is 1.03. The van der Waals surface area contributed by atoms with Crippen LogP contribution in [-0.2, 0) is 4.79 Å². The van der Waals surface area contributed by atoms with Crippen molar-refractivity contribution in [3.63, 3.8) is 0 Å². The molecule has 0 aromatic heterocycles. The van der Waals surface area contributed by atoms with Crippen molar-refractivity contribution in [2.24, 2.45) is 0 Å². The second-order valence-electron chi connectivity index (χ2n) is 3.67. The molecule has 0 saturated heterocycles. The molecule has 0 spiro atoms. The lowest BCUT2D eigenvalue weighted by Crippen LogP contribution is -2.21. The van der Waals surface area contributed by atoms with Gasteiger partial charge in [0.15, 0.2) is 0 Å². The summed E-state index contributed by atoms with van der Waals surface area (Å²) < 4.78 is 6.69. The Morgan fingerprint density at radius 1 is 1.38 bits per heavy atom. The summed E-state index contributed by atoms with van der Waals surface area (Å²) in [5, 5.41) is 0.